The molecule has 0 saturated heterocycles. The lowest BCUT2D eigenvalue weighted by atomic mass is 9.92. The fourth-order valence-electron chi connectivity index (χ4n) is 3.23. The molecule has 0 aromatic carbocycles. The van der Waals surface area contributed by atoms with Crippen LogP contribution in [0.25, 0.3) is 0 Å². The van der Waals surface area contributed by atoms with E-state index < -0.39 is 5.60 Å². The third kappa shape index (κ3) is 6.95. The highest BCUT2D eigenvalue weighted by molar-refractivity contribution is 5.71. The van der Waals surface area contributed by atoms with Crippen molar-refractivity contribution in [2.45, 2.75) is 84.7 Å². The van der Waals surface area contributed by atoms with Gasteiger partial charge in [-0.25, -0.2) is 0 Å². The van der Waals surface area contributed by atoms with Crippen molar-refractivity contribution in [3.8, 4) is 0 Å². The smallest absolute Gasteiger partial charge is 0.309 e. The first kappa shape index (κ1) is 19.2. The van der Waals surface area contributed by atoms with Gasteiger partial charge >= 0.3 is 5.97 Å². The lowest BCUT2D eigenvalue weighted by Crippen LogP contribution is -2.27. The Kier molecular flexibility index (Phi) is 8.16. The zero-order chi connectivity index (χ0) is 16.6. The Morgan fingerprint density at radius 2 is 2.00 bits per heavy atom. The van der Waals surface area contributed by atoms with E-state index in [4.69, 9.17) is 4.74 Å². The molecule has 0 radical (unpaired) electrons. The van der Waals surface area contributed by atoms with Gasteiger partial charge in [0.25, 0.3) is 0 Å². The number of esters is 1. The molecule has 1 rings (SSSR count). The predicted octanol–water partition coefficient (Wildman–Crippen LogP) is 4.63. The molecule has 0 heterocycles. The lowest BCUT2D eigenvalue weighted by molar-refractivity contribution is -0.147. The Labute approximate surface area is 136 Å². The fourth-order valence-corrected chi connectivity index (χ4v) is 3.23. The summed E-state index contributed by atoms with van der Waals surface area (Å²) in [5.41, 5.74) is 0.334. The normalized spacial score (nSPS) is 24.0. The van der Waals surface area contributed by atoms with Crippen LogP contribution in [0.3, 0.4) is 0 Å². The van der Waals surface area contributed by atoms with E-state index in [1.807, 2.05) is 6.08 Å². The van der Waals surface area contributed by atoms with E-state index in [-0.39, 0.29) is 12.4 Å². The molecule has 0 fully saturated rings. The zero-order valence-electron chi connectivity index (χ0n) is 14.9. The molecule has 0 saturated carbocycles. The largest absolute Gasteiger partial charge is 0.466 e. The van der Waals surface area contributed by atoms with Crippen LogP contribution < -0.4 is 0 Å². The minimum absolute atomic E-state index is 0.0900. The van der Waals surface area contributed by atoms with E-state index in [1.54, 1.807) is 6.92 Å². The maximum absolute atomic E-state index is 11.6. The second kappa shape index (κ2) is 9.34. The third-order valence-corrected chi connectivity index (χ3v) is 4.81. The van der Waals surface area contributed by atoms with E-state index in [0.29, 0.717) is 18.9 Å². The number of ether oxygens (including phenoxy) is 1. The van der Waals surface area contributed by atoms with Gasteiger partial charge in [0, 0.05) is 0 Å². The molecule has 22 heavy (non-hydrogen) atoms. The molecular formula is C19H34O3. The van der Waals surface area contributed by atoms with Gasteiger partial charge in [0.05, 0.1) is 18.6 Å². The number of hydrogen-bond acceptors (Lipinski definition) is 3. The third-order valence-electron chi connectivity index (χ3n) is 4.81. The van der Waals surface area contributed by atoms with E-state index in [2.05, 4.69) is 20.8 Å². The van der Waals surface area contributed by atoms with Crippen LogP contribution in [0.5, 0.6) is 0 Å². The monoisotopic (exact) mass is 310 g/mol. The highest BCUT2D eigenvalue weighted by Gasteiger charge is 2.33. The summed E-state index contributed by atoms with van der Waals surface area (Å²) in [6.45, 7) is 9.03. The molecule has 0 aliphatic heterocycles. The van der Waals surface area contributed by atoms with Crippen molar-refractivity contribution in [1.29, 1.82) is 0 Å². The molecule has 3 heteroatoms. The molecule has 3 atom stereocenters. The molecule has 0 aromatic rings. The first-order valence-corrected chi connectivity index (χ1v) is 8.97. The summed E-state index contributed by atoms with van der Waals surface area (Å²) in [6, 6.07) is 0. The van der Waals surface area contributed by atoms with Gasteiger partial charge in [0.2, 0.25) is 0 Å². The topological polar surface area (TPSA) is 46.5 Å². The van der Waals surface area contributed by atoms with Gasteiger partial charge in [0.1, 0.15) is 0 Å². The molecular weight excluding hydrogens is 276 g/mol. The summed E-state index contributed by atoms with van der Waals surface area (Å²) in [5, 5.41) is 10.5. The van der Waals surface area contributed by atoms with E-state index >= 15 is 0 Å². The minimum atomic E-state index is -0.974. The number of carbonyl (C=O) groups excluding carboxylic acids is 1. The van der Waals surface area contributed by atoms with Crippen LogP contribution in [0.4, 0.5) is 0 Å². The molecule has 1 aliphatic carbocycles. The van der Waals surface area contributed by atoms with Gasteiger partial charge in [-0.15, -0.1) is 0 Å². The van der Waals surface area contributed by atoms with E-state index in [1.165, 1.54) is 31.3 Å². The minimum Gasteiger partial charge on any atom is -0.466 e. The zero-order valence-corrected chi connectivity index (χ0v) is 14.9. The second-order valence-electron chi connectivity index (χ2n) is 7.14. The molecule has 0 aromatic heterocycles. The molecule has 3 unspecified atom stereocenters. The van der Waals surface area contributed by atoms with Crippen molar-refractivity contribution in [2.75, 3.05) is 6.61 Å². The maximum Gasteiger partial charge on any atom is 0.309 e. The Morgan fingerprint density at radius 3 is 2.64 bits per heavy atom. The summed E-state index contributed by atoms with van der Waals surface area (Å²) < 4.78 is 4.94. The Balaban J connectivity index is 2.36. The summed E-state index contributed by atoms with van der Waals surface area (Å²) in [6.07, 6.45) is 9.74. The highest BCUT2D eigenvalue weighted by atomic mass is 16.5. The van der Waals surface area contributed by atoms with Crippen LogP contribution in [-0.4, -0.2) is 23.3 Å². The van der Waals surface area contributed by atoms with Crippen molar-refractivity contribution in [1.82, 2.24) is 0 Å². The van der Waals surface area contributed by atoms with Crippen molar-refractivity contribution < 1.29 is 14.6 Å². The van der Waals surface area contributed by atoms with Gasteiger partial charge in [-0.1, -0.05) is 58.1 Å². The summed E-state index contributed by atoms with van der Waals surface area (Å²) >= 11 is 0. The lowest BCUT2D eigenvalue weighted by Gasteiger charge is -2.18. The Bertz CT molecular complexity index is 375. The quantitative estimate of drug-likeness (QED) is 0.472. The van der Waals surface area contributed by atoms with Crippen LogP contribution in [0.15, 0.2) is 11.6 Å². The number of aliphatic hydroxyl groups is 1. The Hall–Kier alpha value is -0.830. The van der Waals surface area contributed by atoms with Crippen LogP contribution in [0.2, 0.25) is 0 Å². The van der Waals surface area contributed by atoms with Crippen LogP contribution in [-0.2, 0) is 9.53 Å². The summed E-state index contributed by atoms with van der Waals surface area (Å²) in [5.74, 6) is 1.18. The van der Waals surface area contributed by atoms with Crippen molar-refractivity contribution in [3.63, 3.8) is 0 Å². The fraction of sp³-hybridized carbons (Fsp3) is 0.842. The summed E-state index contributed by atoms with van der Waals surface area (Å²) in [4.78, 5) is 11.6. The number of carbonyl (C=O) groups is 1. The Morgan fingerprint density at radius 1 is 1.32 bits per heavy atom. The van der Waals surface area contributed by atoms with Crippen molar-refractivity contribution >= 4 is 5.97 Å². The predicted molar refractivity (Wildman–Crippen MR) is 90.6 cm³/mol. The summed E-state index contributed by atoms with van der Waals surface area (Å²) in [7, 11) is 0. The molecule has 0 amide bonds. The number of allylic oxidation sites excluding steroid dienone is 1. The molecule has 128 valence electrons. The maximum atomic E-state index is 11.6. The number of rotatable bonds is 10. The van der Waals surface area contributed by atoms with Gasteiger partial charge in [0.15, 0.2) is 0 Å². The van der Waals surface area contributed by atoms with Crippen LogP contribution in [0.1, 0.15) is 79.1 Å². The molecule has 1 N–H and O–H groups in total. The average Bonchev–Trinajstić information content (AvgIpc) is 2.79. The van der Waals surface area contributed by atoms with Crippen molar-refractivity contribution in [3.05, 3.63) is 11.6 Å². The highest BCUT2D eigenvalue weighted by Crippen LogP contribution is 2.35. The molecule has 1 aliphatic rings. The second-order valence-corrected chi connectivity index (χ2v) is 7.14. The SMILES string of the molecule is CCOC(=O)CC1(O)C=C(CC(C)CCCC(C)CC)CC1. The van der Waals surface area contributed by atoms with Crippen LogP contribution >= 0.6 is 0 Å². The average molecular weight is 310 g/mol. The van der Waals surface area contributed by atoms with Crippen LogP contribution in [0, 0.1) is 11.8 Å². The number of hydrogen-bond donors (Lipinski definition) is 1. The van der Waals surface area contributed by atoms with Crippen molar-refractivity contribution in [2.24, 2.45) is 11.8 Å². The molecule has 0 spiro atoms. The van der Waals surface area contributed by atoms with Gasteiger partial charge in [-0.3, -0.25) is 4.79 Å². The molecule has 0 bridgehead atoms. The van der Waals surface area contributed by atoms with Gasteiger partial charge in [-0.05, 0) is 38.0 Å². The van der Waals surface area contributed by atoms with Gasteiger partial charge in [-0.2, -0.15) is 0 Å². The van der Waals surface area contributed by atoms with Gasteiger partial charge < -0.3 is 9.84 Å². The standard InChI is InChI=1S/C19H34O3/c1-5-15(3)8-7-9-16(4)12-17-10-11-19(21,13-17)14-18(20)22-6-2/h13,15-16,21H,5-12,14H2,1-4H3. The first-order chi connectivity index (χ1) is 10.4. The van der Waals surface area contributed by atoms with E-state index in [0.717, 1.165) is 18.8 Å². The molecule has 3 nitrogen and oxygen atoms in total. The first-order valence-electron chi connectivity index (χ1n) is 8.97. The van der Waals surface area contributed by atoms with E-state index in [9.17, 15) is 9.90 Å².